The maximum absolute atomic E-state index is 11.4. The molecule has 0 fully saturated rings. The van der Waals surface area contributed by atoms with Crippen molar-refractivity contribution in [2.45, 2.75) is 10.9 Å². The van der Waals surface area contributed by atoms with Crippen LogP contribution in [0, 0.1) is 10.1 Å². The molecule has 0 unspecified atom stereocenters. The summed E-state index contributed by atoms with van der Waals surface area (Å²) in [7, 11) is 0. The van der Waals surface area contributed by atoms with Gasteiger partial charge in [0.15, 0.2) is 11.0 Å². The Bertz CT molecular complexity index is 1150. The van der Waals surface area contributed by atoms with Crippen molar-refractivity contribution in [1.82, 2.24) is 19.7 Å². The van der Waals surface area contributed by atoms with E-state index in [1.54, 1.807) is 24.5 Å². The second kappa shape index (κ2) is 8.42. The Labute approximate surface area is 175 Å². The van der Waals surface area contributed by atoms with Gasteiger partial charge in [-0.05, 0) is 30.3 Å². The van der Waals surface area contributed by atoms with E-state index in [1.807, 2.05) is 47.0 Å². The maximum Gasteiger partial charge on any atom is 0.274 e. The topological polar surface area (TPSA) is 86.7 Å². The first kappa shape index (κ1) is 19.1. The predicted molar refractivity (Wildman–Crippen MR) is 112 cm³/mol. The van der Waals surface area contributed by atoms with E-state index in [-0.39, 0.29) is 11.4 Å². The van der Waals surface area contributed by atoms with Gasteiger partial charge in [0.05, 0.1) is 15.5 Å². The van der Waals surface area contributed by atoms with E-state index in [4.69, 9.17) is 11.6 Å². The molecular formula is C20H14ClN5O2S. The van der Waals surface area contributed by atoms with Gasteiger partial charge in [0.2, 0.25) is 0 Å². The zero-order valence-corrected chi connectivity index (χ0v) is 16.5. The van der Waals surface area contributed by atoms with Gasteiger partial charge in [-0.25, -0.2) is 0 Å². The van der Waals surface area contributed by atoms with E-state index in [1.165, 1.54) is 17.8 Å². The lowest BCUT2D eigenvalue weighted by atomic mass is 10.2. The largest absolute Gasteiger partial charge is 0.274 e. The summed E-state index contributed by atoms with van der Waals surface area (Å²) in [6.07, 6.45) is 3.39. The Balaban J connectivity index is 1.74. The van der Waals surface area contributed by atoms with Crippen molar-refractivity contribution in [3.63, 3.8) is 0 Å². The molecule has 2 heterocycles. The van der Waals surface area contributed by atoms with Crippen LogP contribution < -0.4 is 0 Å². The van der Waals surface area contributed by atoms with Gasteiger partial charge in [-0.15, -0.1) is 10.2 Å². The van der Waals surface area contributed by atoms with Gasteiger partial charge in [0, 0.05) is 35.5 Å². The Kier molecular flexibility index (Phi) is 5.55. The van der Waals surface area contributed by atoms with Crippen LogP contribution in [0.2, 0.25) is 5.02 Å². The minimum absolute atomic E-state index is 0.00914. The fraction of sp³-hybridized carbons (Fsp3) is 0.0500. The van der Waals surface area contributed by atoms with E-state index in [0.29, 0.717) is 21.6 Å². The first-order valence-corrected chi connectivity index (χ1v) is 9.97. The third-order valence-corrected chi connectivity index (χ3v) is 5.53. The number of nitrogens with zero attached hydrogens (tertiary/aromatic N) is 5. The molecule has 29 heavy (non-hydrogen) atoms. The molecule has 4 aromatic rings. The molecule has 0 N–H and O–H groups in total. The number of rotatable bonds is 6. The monoisotopic (exact) mass is 423 g/mol. The average molecular weight is 424 g/mol. The third kappa shape index (κ3) is 3.98. The molecule has 0 aliphatic rings. The predicted octanol–water partition coefficient (Wildman–Crippen LogP) is 5.18. The van der Waals surface area contributed by atoms with Gasteiger partial charge in [0.1, 0.15) is 0 Å². The number of pyridine rings is 1. The lowest BCUT2D eigenvalue weighted by molar-refractivity contribution is -0.385. The smallest absolute Gasteiger partial charge is 0.270 e. The van der Waals surface area contributed by atoms with Crippen LogP contribution in [0.3, 0.4) is 0 Å². The van der Waals surface area contributed by atoms with Crippen LogP contribution >= 0.6 is 23.4 Å². The molecule has 144 valence electrons. The molecule has 9 heteroatoms. The van der Waals surface area contributed by atoms with E-state index in [2.05, 4.69) is 15.2 Å². The Hall–Kier alpha value is -3.23. The number of benzene rings is 2. The Morgan fingerprint density at radius 1 is 1.00 bits per heavy atom. The van der Waals surface area contributed by atoms with Crippen molar-refractivity contribution in [3.05, 3.63) is 93.8 Å². The molecule has 0 aliphatic heterocycles. The van der Waals surface area contributed by atoms with E-state index >= 15 is 0 Å². The highest BCUT2D eigenvalue weighted by Crippen LogP contribution is 2.34. The van der Waals surface area contributed by atoms with Crippen LogP contribution in [0.15, 0.2) is 78.2 Å². The lowest BCUT2D eigenvalue weighted by Crippen LogP contribution is -2.00. The molecule has 7 nitrogen and oxygen atoms in total. The number of thioether (sulfide) groups is 1. The van der Waals surface area contributed by atoms with E-state index < -0.39 is 4.92 Å². The standard InChI is InChI=1S/C20H14ClN5O2S/c21-17-7-4-8-18(26(27)28)16(17)13-29-20-24-23-19(14-9-11-22-12-10-14)25(20)15-5-2-1-3-6-15/h1-12H,13H2. The molecule has 0 amide bonds. The molecule has 0 atom stereocenters. The van der Waals surface area contributed by atoms with Crippen LogP contribution in [0.25, 0.3) is 17.1 Å². The number of nitro benzene ring substituents is 1. The van der Waals surface area contributed by atoms with Gasteiger partial charge in [-0.3, -0.25) is 19.7 Å². The normalized spacial score (nSPS) is 10.8. The van der Waals surface area contributed by atoms with Gasteiger partial charge in [0.25, 0.3) is 5.69 Å². The summed E-state index contributed by atoms with van der Waals surface area (Å²) in [4.78, 5) is 15.0. The molecule has 0 bridgehead atoms. The van der Waals surface area contributed by atoms with Crippen molar-refractivity contribution < 1.29 is 4.92 Å². The first-order chi connectivity index (χ1) is 14.1. The van der Waals surface area contributed by atoms with Crippen LogP contribution in [-0.4, -0.2) is 24.7 Å². The van der Waals surface area contributed by atoms with Gasteiger partial charge in [-0.1, -0.05) is 47.6 Å². The van der Waals surface area contributed by atoms with Gasteiger partial charge >= 0.3 is 0 Å². The van der Waals surface area contributed by atoms with Crippen molar-refractivity contribution in [1.29, 1.82) is 0 Å². The molecule has 0 spiro atoms. The summed E-state index contributed by atoms with van der Waals surface area (Å²) in [5, 5.41) is 21.0. The molecule has 0 radical (unpaired) electrons. The summed E-state index contributed by atoms with van der Waals surface area (Å²) in [6, 6.07) is 18.1. The zero-order valence-electron chi connectivity index (χ0n) is 15.0. The third-order valence-electron chi connectivity index (χ3n) is 4.22. The van der Waals surface area contributed by atoms with Crippen molar-refractivity contribution in [2.75, 3.05) is 0 Å². The number of aromatic nitrogens is 4. The number of hydrogen-bond acceptors (Lipinski definition) is 6. The highest BCUT2D eigenvalue weighted by molar-refractivity contribution is 7.98. The summed E-state index contributed by atoms with van der Waals surface area (Å²) in [6.45, 7) is 0. The Morgan fingerprint density at radius 3 is 2.48 bits per heavy atom. The van der Waals surface area contributed by atoms with Crippen LogP contribution in [-0.2, 0) is 5.75 Å². The van der Waals surface area contributed by atoms with Gasteiger partial charge in [-0.2, -0.15) is 0 Å². The average Bonchev–Trinajstić information content (AvgIpc) is 3.18. The molecular weight excluding hydrogens is 410 g/mol. The molecule has 0 aliphatic carbocycles. The van der Waals surface area contributed by atoms with Crippen molar-refractivity contribution >= 4 is 29.1 Å². The molecule has 0 saturated carbocycles. The molecule has 0 saturated heterocycles. The first-order valence-electron chi connectivity index (χ1n) is 8.61. The second-order valence-electron chi connectivity index (χ2n) is 6.00. The Morgan fingerprint density at radius 2 is 1.76 bits per heavy atom. The number of hydrogen-bond donors (Lipinski definition) is 0. The maximum atomic E-state index is 11.4. The number of para-hydroxylation sites is 1. The van der Waals surface area contributed by atoms with Gasteiger partial charge < -0.3 is 0 Å². The van der Waals surface area contributed by atoms with Crippen LogP contribution in [0.4, 0.5) is 5.69 Å². The molecule has 2 aromatic heterocycles. The molecule has 4 rings (SSSR count). The van der Waals surface area contributed by atoms with E-state index in [0.717, 1.165) is 11.3 Å². The quantitative estimate of drug-likeness (QED) is 0.241. The SMILES string of the molecule is O=[N+]([O-])c1cccc(Cl)c1CSc1nnc(-c2ccncc2)n1-c1ccccc1. The second-order valence-corrected chi connectivity index (χ2v) is 7.35. The van der Waals surface area contributed by atoms with Crippen molar-refractivity contribution in [2.24, 2.45) is 0 Å². The highest BCUT2D eigenvalue weighted by Gasteiger charge is 2.20. The lowest BCUT2D eigenvalue weighted by Gasteiger charge is -2.10. The zero-order chi connectivity index (χ0) is 20.2. The molecule has 2 aromatic carbocycles. The van der Waals surface area contributed by atoms with E-state index in [9.17, 15) is 10.1 Å². The minimum Gasteiger partial charge on any atom is -0.270 e. The summed E-state index contributed by atoms with van der Waals surface area (Å²) < 4.78 is 1.92. The fourth-order valence-corrected chi connectivity index (χ4v) is 4.17. The summed E-state index contributed by atoms with van der Waals surface area (Å²) >= 11 is 7.57. The highest BCUT2D eigenvalue weighted by atomic mass is 35.5. The minimum atomic E-state index is -0.425. The number of halogens is 1. The van der Waals surface area contributed by atoms with Crippen LogP contribution in [0.1, 0.15) is 5.56 Å². The van der Waals surface area contributed by atoms with Crippen LogP contribution in [0.5, 0.6) is 0 Å². The summed E-state index contributed by atoms with van der Waals surface area (Å²) in [5.74, 6) is 0.951. The van der Waals surface area contributed by atoms with Crippen molar-refractivity contribution in [3.8, 4) is 17.1 Å². The fourth-order valence-electron chi connectivity index (χ4n) is 2.86. The number of nitro groups is 1. The summed E-state index contributed by atoms with van der Waals surface area (Å²) in [5.41, 5.74) is 2.20.